The molecule has 3 fully saturated rings. The van der Waals surface area contributed by atoms with Gasteiger partial charge in [0, 0.05) is 38.0 Å². The highest BCUT2D eigenvalue weighted by atomic mass is 16.7. The fraction of sp³-hybridized carbons (Fsp3) is 0.697. The molecule has 1 saturated carbocycles. The van der Waals surface area contributed by atoms with E-state index >= 15 is 0 Å². The van der Waals surface area contributed by atoms with Gasteiger partial charge in [0.05, 0.1) is 24.1 Å². The summed E-state index contributed by atoms with van der Waals surface area (Å²) in [4.78, 5) is 57.5. The Hall–Kier alpha value is -3.38. The molecule has 0 radical (unpaired) electrons. The Bertz CT molecular complexity index is 1280. The van der Waals surface area contributed by atoms with Gasteiger partial charge in [-0.3, -0.25) is 14.4 Å². The van der Waals surface area contributed by atoms with Crippen LogP contribution in [-0.2, 0) is 28.6 Å². The number of hydrogen-bond acceptors (Lipinski definition) is 8. The molecule has 3 amide bonds. The minimum Gasteiger partial charge on any atom is -0.481 e. The normalized spacial score (nSPS) is 24.8. The van der Waals surface area contributed by atoms with E-state index in [9.17, 15) is 24.3 Å². The quantitative estimate of drug-likeness (QED) is 0.390. The Morgan fingerprint density at radius 1 is 1.09 bits per heavy atom. The van der Waals surface area contributed by atoms with Gasteiger partial charge in [-0.05, 0) is 97.8 Å². The Morgan fingerprint density at radius 3 is 2.47 bits per heavy atom. The van der Waals surface area contributed by atoms with Gasteiger partial charge in [-0.25, -0.2) is 4.79 Å². The number of aliphatic carboxylic acids is 1. The van der Waals surface area contributed by atoms with Crippen LogP contribution >= 0.6 is 0 Å². The monoisotopic (exact) mass is 629 g/mol. The zero-order valence-corrected chi connectivity index (χ0v) is 27.1. The highest BCUT2D eigenvalue weighted by Gasteiger charge is 2.45. The van der Waals surface area contributed by atoms with Crippen LogP contribution in [-0.4, -0.2) is 90.3 Å². The van der Waals surface area contributed by atoms with Crippen LogP contribution in [0.2, 0.25) is 0 Å². The molecule has 4 aliphatic rings. The lowest BCUT2D eigenvalue weighted by atomic mass is 9.88. The highest BCUT2D eigenvalue weighted by Crippen LogP contribution is 2.43. The summed E-state index contributed by atoms with van der Waals surface area (Å²) in [5.41, 5.74) is -0.638. The first-order valence-corrected chi connectivity index (χ1v) is 16.2. The summed E-state index contributed by atoms with van der Waals surface area (Å²) in [6.45, 7) is 10.3. The van der Waals surface area contributed by atoms with E-state index in [2.05, 4.69) is 0 Å². The lowest BCUT2D eigenvalue weighted by molar-refractivity contribution is -0.162. The second kappa shape index (κ2) is 13.2. The number of rotatable bonds is 9. The van der Waals surface area contributed by atoms with Crippen molar-refractivity contribution in [3.05, 3.63) is 18.2 Å². The van der Waals surface area contributed by atoms with Crippen LogP contribution in [0, 0.1) is 11.8 Å². The van der Waals surface area contributed by atoms with Crippen LogP contribution in [0.15, 0.2) is 18.2 Å². The van der Waals surface area contributed by atoms with E-state index in [1.165, 1.54) is 4.90 Å². The lowest BCUT2D eigenvalue weighted by Gasteiger charge is -2.40. The van der Waals surface area contributed by atoms with Gasteiger partial charge in [0.1, 0.15) is 11.4 Å². The Morgan fingerprint density at radius 2 is 1.82 bits per heavy atom. The molecule has 3 heterocycles. The number of piperidine rings is 1. The predicted molar refractivity (Wildman–Crippen MR) is 165 cm³/mol. The van der Waals surface area contributed by atoms with Crippen LogP contribution in [0.1, 0.15) is 79.6 Å². The number of anilines is 2. The zero-order chi connectivity index (χ0) is 32.5. The summed E-state index contributed by atoms with van der Waals surface area (Å²) in [5, 5.41) is 9.87. The molecule has 1 N–H and O–H groups in total. The van der Waals surface area contributed by atoms with Gasteiger partial charge in [0.25, 0.3) is 5.91 Å². The van der Waals surface area contributed by atoms with E-state index in [1.807, 2.05) is 12.1 Å². The molecule has 1 aromatic carbocycles. The standard InChI is InChI=1S/C33H47N3O9/c1-32(2,3)45-31(41)34-19-21(17-22(20-34)29(38)39)28(37)36(23-10-11-23)24-12-13-26-25(18-24)35(30(40)33(4,5)44-26)14-8-16-43-27-9-6-7-15-42-27/h12-13,18,21-23,27H,6-11,14-17,19-20H2,1-5H3,(H,38,39)/t21-,22+,27?/m1/s1. The molecular formula is C33H47N3O9. The summed E-state index contributed by atoms with van der Waals surface area (Å²) in [6.07, 6.45) is 4.46. The predicted octanol–water partition coefficient (Wildman–Crippen LogP) is 4.58. The van der Waals surface area contributed by atoms with Crippen molar-refractivity contribution in [3.63, 3.8) is 0 Å². The van der Waals surface area contributed by atoms with E-state index in [-0.39, 0.29) is 43.7 Å². The van der Waals surface area contributed by atoms with E-state index in [0.717, 1.165) is 32.1 Å². The molecule has 0 bridgehead atoms. The zero-order valence-electron chi connectivity index (χ0n) is 27.1. The number of benzene rings is 1. The maximum Gasteiger partial charge on any atom is 0.410 e. The van der Waals surface area contributed by atoms with E-state index in [1.54, 1.807) is 50.5 Å². The van der Waals surface area contributed by atoms with Crippen LogP contribution < -0.4 is 14.5 Å². The van der Waals surface area contributed by atoms with Crippen LogP contribution in [0.25, 0.3) is 0 Å². The molecule has 2 saturated heterocycles. The number of nitrogens with zero attached hydrogens (tertiary/aromatic N) is 3. The maximum atomic E-state index is 14.2. The molecule has 1 unspecified atom stereocenters. The number of ether oxygens (including phenoxy) is 4. The van der Waals surface area contributed by atoms with Gasteiger partial charge in [0.15, 0.2) is 11.9 Å². The third-order valence-electron chi connectivity index (χ3n) is 8.55. The summed E-state index contributed by atoms with van der Waals surface area (Å²) in [7, 11) is 0. The van der Waals surface area contributed by atoms with E-state index in [4.69, 9.17) is 18.9 Å². The number of amides is 3. The molecule has 1 aromatic rings. The smallest absolute Gasteiger partial charge is 0.410 e. The molecular weight excluding hydrogens is 582 g/mol. The number of likely N-dealkylation sites (tertiary alicyclic amines) is 1. The van der Waals surface area contributed by atoms with Crippen LogP contribution in [0.3, 0.4) is 0 Å². The number of carbonyl (C=O) groups excluding carboxylic acids is 3. The highest BCUT2D eigenvalue weighted by molar-refractivity contribution is 6.04. The van der Waals surface area contributed by atoms with Gasteiger partial charge in [-0.1, -0.05) is 0 Å². The molecule has 5 rings (SSSR count). The van der Waals surface area contributed by atoms with E-state index < -0.39 is 35.1 Å². The largest absolute Gasteiger partial charge is 0.481 e. The summed E-state index contributed by atoms with van der Waals surface area (Å²) < 4.78 is 23.2. The SMILES string of the molecule is CC(C)(C)OC(=O)N1C[C@@H](C(=O)O)C[C@@H](C(=O)N(c2ccc3c(c2)N(CCCOC2CCCCO2)C(=O)C(C)(C)O3)C2CC2)C1. The van der Waals surface area contributed by atoms with Gasteiger partial charge in [0.2, 0.25) is 5.91 Å². The molecule has 12 nitrogen and oxygen atoms in total. The average molecular weight is 630 g/mol. The molecule has 248 valence electrons. The molecule has 45 heavy (non-hydrogen) atoms. The molecule has 0 aromatic heterocycles. The van der Waals surface area contributed by atoms with Crippen molar-refractivity contribution in [3.8, 4) is 5.75 Å². The fourth-order valence-electron chi connectivity index (χ4n) is 6.19. The number of carbonyl (C=O) groups is 4. The fourth-order valence-corrected chi connectivity index (χ4v) is 6.19. The molecule has 3 aliphatic heterocycles. The average Bonchev–Trinajstić information content (AvgIpc) is 3.82. The van der Waals surface area contributed by atoms with Crippen molar-refractivity contribution in [2.45, 2.75) is 103 Å². The molecule has 12 heteroatoms. The minimum atomic E-state index is -1.06. The van der Waals surface area contributed by atoms with Gasteiger partial charge < -0.3 is 38.8 Å². The minimum absolute atomic E-state index is 0.0168. The first-order valence-electron chi connectivity index (χ1n) is 16.2. The third-order valence-corrected chi connectivity index (χ3v) is 8.55. The Kier molecular flexibility index (Phi) is 9.65. The van der Waals surface area contributed by atoms with Crippen molar-refractivity contribution in [1.82, 2.24) is 4.90 Å². The second-order valence-corrected chi connectivity index (χ2v) is 14.0. The molecule has 0 spiro atoms. The van der Waals surface area contributed by atoms with E-state index in [0.29, 0.717) is 43.3 Å². The maximum absolute atomic E-state index is 14.2. The number of hydrogen-bond donors (Lipinski definition) is 1. The van der Waals surface area contributed by atoms with Crippen molar-refractivity contribution < 1.29 is 43.2 Å². The Balaban J connectivity index is 1.36. The summed E-state index contributed by atoms with van der Waals surface area (Å²) in [6, 6.07) is 5.36. The summed E-state index contributed by atoms with van der Waals surface area (Å²) in [5.74, 6) is -2.56. The number of fused-ring (bicyclic) bond motifs is 1. The number of carboxylic acid groups (broad SMARTS) is 1. The van der Waals surface area contributed by atoms with Crippen LogP contribution in [0.4, 0.5) is 16.2 Å². The lowest BCUT2D eigenvalue weighted by Crippen LogP contribution is -2.53. The summed E-state index contributed by atoms with van der Waals surface area (Å²) >= 11 is 0. The second-order valence-electron chi connectivity index (χ2n) is 14.0. The third kappa shape index (κ3) is 7.89. The molecule has 3 atom stereocenters. The number of carboxylic acids is 1. The van der Waals surface area contributed by atoms with Crippen molar-refractivity contribution in [2.75, 3.05) is 42.6 Å². The first-order chi connectivity index (χ1) is 21.2. The van der Waals surface area contributed by atoms with Gasteiger partial charge in [-0.2, -0.15) is 0 Å². The van der Waals surface area contributed by atoms with Crippen molar-refractivity contribution in [1.29, 1.82) is 0 Å². The topological polar surface area (TPSA) is 135 Å². The molecule has 1 aliphatic carbocycles. The van der Waals surface area contributed by atoms with Crippen molar-refractivity contribution >= 4 is 35.3 Å². The first kappa shape index (κ1) is 33.0. The van der Waals surface area contributed by atoms with Crippen molar-refractivity contribution in [2.24, 2.45) is 11.8 Å². The van der Waals surface area contributed by atoms with Crippen LogP contribution in [0.5, 0.6) is 5.75 Å². The Labute approximate surface area is 264 Å². The van der Waals surface area contributed by atoms with Gasteiger partial charge in [-0.15, -0.1) is 0 Å². The van der Waals surface area contributed by atoms with Gasteiger partial charge >= 0.3 is 12.1 Å².